The average molecular weight is 193 g/mol. The van der Waals surface area contributed by atoms with Crippen molar-refractivity contribution in [3.63, 3.8) is 0 Å². The lowest BCUT2D eigenvalue weighted by molar-refractivity contribution is -0.144. The van der Waals surface area contributed by atoms with Crippen LogP contribution in [0.4, 0.5) is 0 Å². The monoisotopic (exact) mass is 193 g/mol. The highest BCUT2D eigenvalue weighted by Gasteiger charge is 2.34. The van der Waals surface area contributed by atoms with Crippen LogP contribution in [0.3, 0.4) is 0 Å². The van der Waals surface area contributed by atoms with Crippen LogP contribution >= 0.6 is 0 Å². The average Bonchev–Trinajstić information content (AvgIpc) is 2.70. The van der Waals surface area contributed by atoms with Gasteiger partial charge in [-0.3, -0.25) is 14.2 Å². The molecule has 0 saturated heterocycles. The Labute approximate surface area is 81.5 Å². The summed E-state index contributed by atoms with van der Waals surface area (Å²) in [5.41, 5.74) is 0.744. The van der Waals surface area contributed by atoms with Crippen molar-refractivity contribution in [1.29, 1.82) is 0 Å². The molecule has 4 nitrogen and oxygen atoms in total. The van der Waals surface area contributed by atoms with Crippen molar-refractivity contribution in [3.05, 3.63) is 24.0 Å². The number of hydrogen-bond donors (Lipinski definition) is 0. The van der Waals surface area contributed by atoms with Crippen LogP contribution in [0.2, 0.25) is 0 Å². The molecule has 4 heteroatoms. The van der Waals surface area contributed by atoms with Gasteiger partial charge in [-0.2, -0.15) is 0 Å². The van der Waals surface area contributed by atoms with Crippen molar-refractivity contribution in [3.8, 4) is 0 Å². The Morgan fingerprint density at radius 2 is 2.50 bits per heavy atom. The van der Waals surface area contributed by atoms with Crippen LogP contribution in [0.5, 0.6) is 0 Å². The van der Waals surface area contributed by atoms with Crippen LogP contribution in [0.1, 0.15) is 29.8 Å². The van der Waals surface area contributed by atoms with Crippen molar-refractivity contribution in [2.45, 2.75) is 19.3 Å². The Balaban J connectivity index is 2.26. The molecule has 1 aliphatic heterocycles. The van der Waals surface area contributed by atoms with Crippen molar-refractivity contribution < 1.29 is 14.3 Å². The lowest BCUT2D eigenvalue weighted by Gasteiger charge is -2.06. The van der Waals surface area contributed by atoms with Gasteiger partial charge in [-0.05, 0) is 19.1 Å². The fourth-order valence-corrected chi connectivity index (χ4v) is 1.73. The molecule has 0 spiro atoms. The Morgan fingerprint density at radius 3 is 3.21 bits per heavy atom. The minimum atomic E-state index is -0.405. The molecule has 0 aromatic carbocycles. The van der Waals surface area contributed by atoms with Crippen LogP contribution < -0.4 is 0 Å². The van der Waals surface area contributed by atoms with Gasteiger partial charge in [-0.1, -0.05) is 0 Å². The smallest absolute Gasteiger partial charge is 0.315 e. The number of fused-ring (bicyclic) bond motifs is 1. The standard InChI is InChI=1S/C10H11NO3/c1-2-14-10(13)7-6-9(12)11-5-3-4-8(7)11/h3-5,7H,2,6H2,1H3. The largest absolute Gasteiger partial charge is 0.465 e. The first-order chi connectivity index (χ1) is 6.74. The summed E-state index contributed by atoms with van der Waals surface area (Å²) >= 11 is 0. The first-order valence-corrected chi connectivity index (χ1v) is 4.61. The van der Waals surface area contributed by atoms with Gasteiger partial charge in [0.2, 0.25) is 5.91 Å². The third-order valence-electron chi connectivity index (χ3n) is 2.36. The summed E-state index contributed by atoms with van der Waals surface area (Å²) in [5.74, 6) is -0.751. The van der Waals surface area contributed by atoms with Crippen LogP contribution in [-0.4, -0.2) is 23.1 Å². The van der Waals surface area contributed by atoms with E-state index >= 15 is 0 Å². The number of hydrogen-bond acceptors (Lipinski definition) is 3. The summed E-state index contributed by atoms with van der Waals surface area (Å²) in [6.45, 7) is 2.11. The summed E-state index contributed by atoms with van der Waals surface area (Å²) < 4.78 is 6.41. The molecule has 1 atom stereocenters. The number of aromatic nitrogens is 1. The first-order valence-electron chi connectivity index (χ1n) is 4.61. The zero-order valence-corrected chi connectivity index (χ0v) is 7.90. The Bertz CT molecular complexity index is 380. The minimum Gasteiger partial charge on any atom is -0.465 e. The van der Waals surface area contributed by atoms with Crippen LogP contribution in [0, 0.1) is 0 Å². The molecule has 1 unspecified atom stereocenters. The van der Waals surface area contributed by atoms with Crippen LogP contribution in [0.15, 0.2) is 18.3 Å². The molecule has 1 aromatic rings. The topological polar surface area (TPSA) is 48.3 Å². The van der Waals surface area contributed by atoms with E-state index in [2.05, 4.69) is 0 Å². The van der Waals surface area contributed by atoms with Gasteiger partial charge in [-0.15, -0.1) is 0 Å². The third-order valence-corrected chi connectivity index (χ3v) is 2.36. The van der Waals surface area contributed by atoms with Gasteiger partial charge >= 0.3 is 5.97 Å². The molecule has 0 radical (unpaired) electrons. The van der Waals surface area contributed by atoms with E-state index in [9.17, 15) is 9.59 Å². The quantitative estimate of drug-likeness (QED) is 0.662. The number of carbonyl (C=O) groups excluding carboxylic acids is 2. The fraction of sp³-hybridized carbons (Fsp3) is 0.400. The lowest BCUT2D eigenvalue weighted by atomic mass is 10.1. The number of esters is 1. The summed E-state index contributed by atoms with van der Waals surface area (Å²) in [6.07, 6.45) is 1.91. The molecule has 1 aromatic heterocycles. The van der Waals surface area contributed by atoms with Gasteiger partial charge in [0.15, 0.2) is 0 Å². The highest BCUT2D eigenvalue weighted by atomic mass is 16.5. The predicted molar refractivity (Wildman–Crippen MR) is 49.0 cm³/mol. The summed E-state index contributed by atoms with van der Waals surface area (Å²) in [5, 5.41) is 0. The Morgan fingerprint density at radius 1 is 1.71 bits per heavy atom. The second-order valence-corrected chi connectivity index (χ2v) is 3.21. The highest BCUT2D eigenvalue weighted by Crippen LogP contribution is 2.29. The van der Waals surface area contributed by atoms with E-state index in [0.717, 1.165) is 5.69 Å². The van der Waals surface area contributed by atoms with Gasteiger partial charge in [-0.25, -0.2) is 0 Å². The number of carbonyl (C=O) groups is 2. The molecule has 0 bridgehead atoms. The number of rotatable bonds is 2. The van der Waals surface area contributed by atoms with E-state index < -0.39 is 5.92 Å². The number of nitrogens with zero attached hydrogens (tertiary/aromatic N) is 1. The van der Waals surface area contributed by atoms with Crippen molar-refractivity contribution in [2.24, 2.45) is 0 Å². The summed E-state index contributed by atoms with van der Waals surface area (Å²) in [7, 11) is 0. The number of ether oxygens (including phenoxy) is 1. The molecule has 0 aliphatic carbocycles. The molecule has 2 heterocycles. The second kappa shape index (κ2) is 3.29. The molecule has 1 aliphatic rings. The normalized spacial score (nSPS) is 19.5. The molecule has 74 valence electrons. The lowest BCUT2D eigenvalue weighted by Crippen LogP contribution is -2.13. The van der Waals surface area contributed by atoms with E-state index in [0.29, 0.717) is 6.61 Å². The van der Waals surface area contributed by atoms with E-state index in [-0.39, 0.29) is 18.3 Å². The summed E-state index contributed by atoms with van der Waals surface area (Å²) in [6, 6.07) is 3.55. The molecule has 0 saturated carbocycles. The van der Waals surface area contributed by atoms with Gasteiger partial charge in [0.1, 0.15) is 5.92 Å². The van der Waals surface area contributed by atoms with E-state index in [1.165, 1.54) is 4.57 Å². The molecule has 2 rings (SSSR count). The van der Waals surface area contributed by atoms with Gasteiger partial charge in [0.05, 0.1) is 6.61 Å². The Hall–Kier alpha value is -1.58. The van der Waals surface area contributed by atoms with Crippen molar-refractivity contribution >= 4 is 11.9 Å². The maximum Gasteiger partial charge on any atom is 0.315 e. The fourth-order valence-electron chi connectivity index (χ4n) is 1.73. The zero-order chi connectivity index (χ0) is 10.1. The SMILES string of the molecule is CCOC(=O)C1CC(=O)n2cccc21. The molecular formula is C10H11NO3. The molecule has 0 N–H and O–H groups in total. The third kappa shape index (κ3) is 1.23. The molecular weight excluding hydrogens is 182 g/mol. The highest BCUT2D eigenvalue weighted by molar-refractivity contribution is 5.92. The minimum absolute atomic E-state index is 0.0388. The molecule has 0 amide bonds. The zero-order valence-electron chi connectivity index (χ0n) is 7.90. The predicted octanol–water partition coefficient (Wildman–Crippen LogP) is 1.18. The van der Waals surface area contributed by atoms with E-state index in [1.807, 2.05) is 0 Å². The first kappa shape index (κ1) is 8.99. The second-order valence-electron chi connectivity index (χ2n) is 3.21. The van der Waals surface area contributed by atoms with E-state index in [4.69, 9.17) is 4.74 Å². The van der Waals surface area contributed by atoms with Crippen LogP contribution in [-0.2, 0) is 9.53 Å². The van der Waals surface area contributed by atoms with E-state index in [1.54, 1.807) is 25.3 Å². The van der Waals surface area contributed by atoms with Gasteiger partial charge in [0, 0.05) is 18.3 Å². The summed E-state index contributed by atoms with van der Waals surface area (Å²) in [4.78, 5) is 22.9. The van der Waals surface area contributed by atoms with Gasteiger partial charge in [0.25, 0.3) is 0 Å². The maximum absolute atomic E-state index is 11.5. The molecule has 0 fully saturated rings. The van der Waals surface area contributed by atoms with Crippen molar-refractivity contribution in [2.75, 3.05) is 6.61 Å². The molecule has 14 heavy (non-hydrogen) atoms. The van der Waals surface area contributed by atoms with Gasteiger partial charge < -0.3 is 4.74 Å². The maximum atomic E-state index is 11.5. The van der Waals surface area contributed by atoms with Crippen LogP contribution in [0.25, 0.3) is 0 Å². The van der Waals surface area contributed by atoms with Crippen molar-refractivity contribution in [1.82, 2.24) is 4.57 Å². The Kier molecular flexibility index (Phi) is 2.11.